The molecule has 0 amide bonds. The SMILES string of the molecule is CC(C)(C)c1cc[n+](C(C(=S)Nc2cccc(C(F)(F)F)c2)=C(O)c2ccc(F)cc2)cc1. The predicted molar refractivity (Wildman–Crippen MR) is 125 cm³/mol. The lowest BCUT2D eigenvalue weighted by Gasteiger charge is -2.18. The molecule has 0 unspecified atom stereocenters. The molecular formula is C25H23F4N2OS+. The fourth-order valence-electron chi connectivity index (χ4n) is 3.13. The van der Waals surface area contributed by atoms with Crippen molar-refractivity contribution in [3.8, 4) is 0 Å². The van der Waals surface area contributed by atoms with Crippen LogP contribution in [0.2, 0.25) is 0 Å². The Morgan fingerprint density at radius 3 is 2.06 bits per heavy atom. The summed E-state index contributed by atoms with van der Waals surface area (Å²) >= 11 is 5.48. The van der Waals surface area contributed by atoms with E-state index < -0.39 is 17.6 Å². The maximum absolute atomic E-state index is 13.4. The molecular weight excluding hydrogens is 452 g/mol. The second-order valence-corrected chi connectivity index (χ2v) is 8.89. The number of benzene rings is 2. The zero-order valence-corrected chi connectivity index (χ0v) is 19.1. The minimum absolute atomic E-state index is 0.00958. The predicted octanol–water partition coefficient (Wildman–Crippen LogP) is 6.75. The van der Waals surface area contributed by atoms with Gasteiger partial charge in [0.25, 0.3) is 5.70 Å². The number of alkyl halides is 3. The molecule has 0 saturated heterocycles. The molecule has 2 N–H and O–H groups in total. The lowest BCUT2D eigenvalue weighted by atomic mass is 9.88. The van der Waals surface area contributed by atoms with Crippen molar-refractivity contribution in [2.75, 3.05) is 5.32 Å². The van der Waals surface area contributed by atoms with Gasteiger partial charge in [-0.2, -0.15) is 17.7 Å². The zero-order valence-electron chi connectivity index (χ0n) is 18.2. The molecule has 1 heterocycles. The van der Waals surface area contributed by atoms with Gasteiger partial charge in [0, 0.05) is 23.4 Å². The Kier molecular flexibility index (Phi) is 6.88. The highest BCUT2D eigenvalue weighted by atomic mass is 32.1. The molecule has 172 valence electrons. The highest BCUT2D eigenvalue weighted by Gasteiger charge is 2.31. The summed E-state index contributed by atoms with van der Waals surface area (Å²) in [6, 6.07) is 13.5. The Morgan fingerprint density at radius 1 is 0.909 bits per heavy atom. The number of thiocarbonyl (C=S) groups is 1. The monoisotopic (exact) mass is 475 g/mol. The number of hydrogen-bond donors (Lipinski definition) is 2. The quantitative estimate of drug-likeness (QED) is 0.144. The third-order valence-electron chi connectivity index (χ3n) is 4.96. The van der Waals surface area contributed by atoms with Crippen LogP contribution in [0.25, 0.3) is 11.5 Å². The van der Waals surface area contributed by atoms with E-state index >= 15 is 0 Å². The molecule has 0 radical (unpaired) electrons. The van der Waals surface area contributed by atoms with Gasteiger partial charge in [-0.15, -0.1) is 0 Å². The van der Waals surface area contributed by atoms with Crippen LogP contribution in [-0.4, -0.2) is 10.1 Å². The van der Waals surface area contributed by atoms with Crippen molar-refractivity contribution < 1.29 is 27.2 Å². The molecule has 0 atom stereocenters. The van der Waals surface area contributed by atoms with Crippen LogP contribution < -0.4 is 9.88 Å². The van der Waals surface area contributed by atoms with Crippen LogP contribution in [0.5, 0.6) is 0 Å². The van der Waals surface area contributed by atoms with Crippen LogP contribution in [0, 0.1) is 5.82 Å². The first kappa shape index (κ1) is 24.4. The fourth-order valence-corrected chi connectivity index (χ4v) is 3.45. The average molecular weight is 476 g/mol. The number of hydrogen-bond acceptors (Lipinski definition) is 2. The van der Waals surface area contributed by atoms with Gasteiger partial charge in [-0.05, 0) is 53.4 Å². The molecule has 3 rings (SSSR count). The second kappa shape index (κ2) is 9.31. The largest absolute Gasteiger partial charge is 0.502 e. The molecule has 8 heteroatoms. The Balaban J connectivity index is 2.06. The van der Waals surface area contributed by atoms with Gasteiger partial charge in [-0.25, -0.2) is 4.39 Å². The molecule has 0 fully saturated rings. The van der Waals surface area contributed by atoms with E-state index in [9.17, 15) is 22.7 Å². The summed E-state index contributed by atoms with van der Waals surface area (Å²) in [7, 11) is 0. The van der Waals surface area contributed by atoms with Crippen LogP contribution in [-0.2, 0) is 11.6 Å². The number of nitrogens with zero attached hydrogens (tertiary/aromatic N) is 1. The molecule has 2 aromatic carbocycles. The van der Waals surface area contributed by atoms with Gasteiger partial charge in [0.2, 0.25) is 0 Å². The molecule has 3 aromatic rings. The van der Waals surface area contributed by atoms with E-state index in [1.54, 1.807) is 17.0 Å². The smallest absolute Gasteiger partial charge is 0.416 e. The number of halogens is 4. The standard InChI is InChI=1S/C25H22F4N2OS/c1-24(2,3)17-11-13-31(14-12-17)21(22(32)16-7-9-19(26)10-8-16)23(33)30-20-6-4-5-18(15-20)25(27,28)29/h4-15H,1-3H3,(H-,30,32,33)/p+1. The minimum Gasteiger partial charge on any atom is -0.502 e. The van der Waals surface area contributed by atoms with Crippen molar-refractivity contribution in [3.63, 3.8) is 0 Å². The summed E-state index contributed by atoms with van der Waals surface area (Å²) in [5.41, 5.74) is 0.646. The number of rotatable bonds is 4. The minimum atomic E-state index is -4.51. The average Bonchev–Trinajstić information content (AvgIpc) is 2.73. The summed E-state index contributed by atoms with van der Waals surface area (Å²) in [5.74, 6) is -0.729. The van der Waals surface area contributed by atoms with Crippen molar-refractivity contribution in [2.45, 2.75) is 32.4 Å². The number of aliphatic hydroxyl groups is 1. The Labute approximate surface area is 195 Å². The van der Waals surface area contributed by atoms with Gasteiger partial charge in [0.1, 0.15) is 5.82 Å². The van der Waals surface area contributed by atoms with Crippen molar-refractivity contribution >= 4 is 34.3 Å². The third-order valence-corrected chi connectivity index (χ3v) is 5.25. The van der Waals surface area contributed by atoms with E-state index in [0.717, 1.165) is 17.7 Å². The first-order valence-corrected chi connectivity index (χ1v) is 10.5. The number of nitrogens with one attached hydrogen (secondary N) is 1. The van der Waals surface area contributed by atoms with Crippen LogP contribution >= 0.6 is 12.2 Å². The van der Waals surface area contributed by atoms with Gasteiger partial charge >= 0.3 is 6.18 Å². The van der Waals surface area contributed by atoms with Gasteiger partial charge in [-0.3, -0.25) is 0 Å². The summed E-state index contributed by atoms with van der Waals surface area (Å²) in [4.78, 5) is -0.00958. The van der Waals surface area contributed by atoms with E-state index in [4.69, 9.17) is 12.2 Å². The second-order valence-electron chi connectivity index (χ2n) is 8.48. The van der Waals surface area contributed by atoms with E-state index in [1.807, 2.05) is 12.1 Å². The van der Waals surface area contributed by atoms with Crippen LogP contribution in [0.1, 0.15) is 37.5 Å². The Bertz CT molecular complexity index is 1180. The van der Waals surface area contributed by atoms with Crippen molar-refractivity contribution in [2.24, 2.45) is 0 Å². The van der Waals surface area contributed by atoms with Crippen molar-refractivity contribution in [3.05, 3.63) is 95.6 Å². The first-order chi connectivity index (χ1) is 15.4. The Hall–Kier alpha value is -3.26. The molecule has 33 heavy (non-hydrogen) atoms. The highest BCUT2D eigenvalue weighted by Crippen LogP contribution is 2.31. The molecule has 0 saturated carbocycles. The van der Waals surface area contributed by atoms with E-state index in [1.165, 1.54) is 36.4 Å². The number of pyridine rings is 1. The van der Waals surface area contributed by atoms with Crippen molar-refractivity contribution in [1.82, 2.24) is 0 Å². The van der Waals surface area contributed by atoms with E-state index in [0.29, 0.717) is 5.56 Å². The molecule has 1 aromatic heterocycles. The molecule has 0 aliphatic heterocycles. The molecule has 0 spiro atoms. The maximum Gasteiger partial charge on any atom is 0.416 e. The maximum atomic E-state index is 13.4. The summed E-state index contributed by atoms with van der Waals surface area (Å²) in [6.07, 6.45) is -1.10. The lowest BCUT2D eigenvalue weighted by molar-refractivity contribution is -0.575. The highest BCUT2D eigenvalue weighted by molar-refractivity contribution is 7.81. The Morgan fingerprint density at radius 2 is 1.52 bits per heavy atom. The normalized spacial score (nSPS) is 12.8. The summed E-state index contributed by atoms with van der Waals surface area (Å²) < 4.78 is 54.2. The number of aromatic nitrogens is 1. The molecule has 0 bridgehead atoms. The van der Waals surface area contributed by atoms with E-state index in [2.05, 4.69) is 26.1 Å². The fraction of sp³-hybridized carbons (Fsp3) is 0.200. The zero-order chi connectivity index (χ0) is 24.4. The van der Waals surface area contributed by atoms with Gasteiger partial charge in [0.15, 0.2) is 23.1 Å². The molecule has 0 aliphatic carbocycles. The number of anilines is 1. The van der Waals surface area contributed by atoms with Gasteiger partial charge < -0.3 is 10.4 Å². The summed E-state index contributed by atoms with van der Waals surface area (Å²) in [5, 5.41) is 13.8. The topological polar surface area (TPSA) is 36.1 Å². The van der Waals surface area contributed by atoms with Crippen LogP contribution in [0.3, 0.4) is 0 Å². The van der Waals surface area contributed by atoms with Crippen LogP contribution in [0.4, 0.5) is 23.2 Å². The lowest BCUT2D eigenvalue weighted by Crippen LogP contribution is -2.39. The van der Waals surface area contributed by atoms with E-state index in [-0.39, 0.29) is 27.5 Å². The van der Waals surface area contributed by atoms with Crippen molar-refractivity contribution in [1.29, 1.82) is 0 Å². The summed E-state index contributed by atoms with van der Waals surface area (Å²) in [6.45, 7) is 6.16. The molecule has 0 aliphatic rings. The third kappa shape index (κ3) is 5.96. The molecule has 3 nitrogen and oxygen atoms in total. The number of aliphatic hydroxyl groups excluding tert-OH is 1. The van der Waals surface area contributed by atoms with Crippen LogP contribution in [0.15, 0.2) is 73.1 Å². The van der Waals surface area contributed by atoms with Gasteiger partial charge in [-0.1, -0.05) is 39.1 Å². The van der Waals surface area contributed by atoms with Gasteiger partial charge in [0.05, 0.1) is 5.56 Å². The first-order valence-electron chi connectivity index (χ1n) is 10.1.